The molecule has 440 valence electrons. The molecule has 0 fully saturated rings. The SMILES string of the molecule is CCC/C=C\CCCCCCCC(=O)OCC(COC(=O)CCCCCCCCCCCCCCCCCCCCCCCCCCCCCCCCCC)OC(=O)CCCCCCC/C=C\C/C=C\CCCCC. The molecule has 0 saturated heterocycles. The van der Waals surface area contributed by atoms with Crippen molar-refractivity contribution in [3.05, 3.63) is 36.5 Å². The molecule has 0 bridgehead atoms. The van der Waals surface area contributed by atoms with E-state index < -0.39 is 6.10 Å². The lowest BCUT2D eigenvalue weighted by molar-refractivity contribution is -0.167. The predicted octanol–water partition coefficient (Wildman–Crippen LogP) is 22.8. The maximum Gasteiger partial charge on any atom is 0.306 e. The maximum atomic E-state index is 12.8. The number of unbranched alkanes of at least 4 members (excludes halogenated alkanes) is 45. The molecule has 0 aliphatic rings. The van der Waals surface area contributed by atoms with Gasteiger partial charge in [0.2, 0.25) is 0 Å². The van der Waals surface area contributed by atoms with E-state index in [0.717, 1.165) is 96.3 Å². The first kappa shape index (κ1) is 72.6. The predicted molar refractivity (Wildman–Crippen MR) is 326 cm³/mol. The molecule has 0 heterocycles. The minimum Gasteiger partial charge on any atom is -0.462 e. The molecular formula is C69H128O6. The summed E-state index contributed by atoms with van der Waals surface area (Å²) in [6, 6.07) is 0. The Bertz CT molecular complexity index is 1250. The minimum atomic E-state index is -0.780. The number of hydrogen-bond acceptors (Lipinski definition) is 6. The van der Waals surface area contributed by atoms with E-state index >= 15 is 0 Å². The number of rotatable bonds is 62. The molecule has 6 nitrogen and oxygen atoms in total. The minimum absolute atomic E-state index is 0.0770. The van der Waals surface area contributed by atoms with Crippen LogP contribution in [0.3, 0.4) is 0 Å². The summed E-state index contributed by atoms with van der Waals surface area (Å²) in [5, 5.41) is 0. The highest BCUT2D eigenvalue weighted by Gasteiger charge is 2.19. The average Bonchev–Trinajstić information content (AvgIpc) is 3.41. The third-order valence-electron chi connectivity index (χ3n) is 15.1. The molecule has 0 aromatic heterocycles. The van der Waals surface area contributed by atoms with Crippen LogP contribution in [-0.2, 0) is 28.6 Å². The van der Waals surface area contributed by atoms with Gasteiger partial charge in [0.1, 0.15) is 13.2 Å². The molecule has 0 saturated carbocycles. The summed E-state index contributed by atoms with van der Waals surface area (Å²) in [5.74, 6) is -0.883. The average molecular weight is 1050 g/mol. The van der Waals surface area contributed by atoms with E-state index in [-0.39, 0.29) is 31.1 Å². The van der Waals surface area contributed by atoms with Crippen LogP contribution in [0.1, 0.15) is 367 Å². The Hall–Kier alpha value is -2.37. The van der Waals surface area contributed by atoms with E-state index in [0.29, 0.717) is 19.3 Å². The molecule has 0 N–H and O–H groups in total. The van der Waals surface area contributed by atoms with E-state index in [1.807, 2.05) is 0 Å². The second-order valence-corrected chi connectivity index (χ2v) is 22.7. The lowest BCUT2D eigenvalue weighted by Gasteiger charge is -2.18. The van der Waals surface area contributed by atoms with Crippen LogP contribution in [0.25, 0.3) is 0 Å². The number of esters is 3. The first-order valence-corrected chi connectivity index (χ1v) is 33.5. The summed E-state index contributed by atoms with van der Waals surface area (Å²) in [4.78, 5) is 38.2. The quantitative estimate of drug-likeness (QED) is 0.0261. The van der Waals surface area contributed by atoms with Crippen LogP contribution in [0.2, 0.25) is 0 Å². The van der Waals surface area contributed by atoms with E-state index in [1.54, 1.807) is 0 Å². The van der Waals surface area contributed by atoms with Crippen LogP contribution >= 0.6 is 0 Å². The number of allylic oxidation sites excluding steroid dienone is 6. The summed E-state index contributed by atoms with van der Waals surface area (Å²) in [6.45, 7) is 6.59. The lowest BCUT2D eigenvalue weighted by Crippen LogP contribution is -2.30. The van der Waals surface area contributed by atoms with Gasteiger partial charge in [-0.15, -0.1) is 0 Å². The molecule has 0 amide bonds. The van der Waals surface area contributed by atoms with E-state index in [2.05, 4.69) is 57.2 Å². The van der Waals surface area contributed by atoms with Crippen LogP contribution in [0, 0.1) is 0 Å². The molecule has 1 unspecified atom stereocenters. The molecule has 0 aromatic carbocycles. The summed E-state index contributed by atoms with van der Waals surface area (Å²) in [6.07, 6.45) is 79.1. The molecular weight excluding hydrogens is 925 g/mol. The molecule has 75 heavy (non-hydrogen) atoms. The smallest absolute Gasteiger partial charge is 0.306 e. The third-order valence-corrected chi connectivity index (χ3v) is 15.1. The fraction of sp³-hybridized carbons (Fsp3) is 0.870. The van der Waals surface area contributed by atoms with Gasteiger partial charge in [0.15, 0.2) is 6.10 Å². The molecule has 0 spiro atoms. The summed E-state index contributed by atoms with van der Waals surface area (Å²) in [5.41, 5.74) is 0. The Balaban J connectivity index is 4.03. The molecule has 6 heteroatoms. The molecule has 0 aliphatic heterocycles. The number of hydrogen-bond donors (Lipinski definition) is 0. The van der Waals surface area contributed by atoms with Gasteiger partial charge in [0.25, 0.3) is 0 Å². The van der Waals surface area contributed by atoms with E-state index in [9.17, 15) is 14.4 Å². The van der Waals surface area contributed by atoms with E-state index in [4.69, 9.17) is 14.2 Å². The van der Waals surface area contributed by atoms with E-state index in [1.165, 1.54) is 231 Å². The largest absolute Gasteiger partial charge is 0.462 e. The zero-order chi connectivity index (χ0) is 54.3. The standard InChI is InChI=1S/C69H128O6/c1-4-7-10-13-16-19-22-24-26-27-28-29-30-31-32-33-34-35-36-37-38-39-40-41-42-44-45-47-50-53-56-59-62-68(71)74-65-66(64-73-67(70)61-58-55-52-49-21-18-15-12-9-6-3)75-69(72)63-60-57-54-51-48-46-43-25-23-20-17-14-11-8-5-2/h12,15,17,20,25,43,66H,4-11,13-14,16,18-19,21-24,26-42,44-65H2,1-3H3/b15-12-,20-17-,43-25-. The van der Waals surface area contributed by atoms with Crippen LogP contribution in [-0.4, -0.2) is 37.2 Å². The third kappa shape index (κ3) is 62.4. The first-order chi connectivity index (χ1) is 37.0. The Kier molecular flexibility index (Phi) is 62.1. The van der Waals surface area contributed by atoms with Crippen molar-refractivity contribution in [2.75, 3.05) is 13.2 Å². The van der Waals surface area contributed by atoms with Gasteiger partial charge < -0.3 is 14.2 Å². The normalized spacial score (nSPS) is 12.2. The lowest BCUT2D eigenvalue weighted by atomic mass is 10.0. The van der Waals surface area contributed by atoms with Gasteiger partial charge in [-0.3, -0.25) is 14.4 Å². The summed E-state index contributed by atoms with van der Waals surface area (Å²) < 4.78 is 16.9. The van der Waals surface area contributed by atoms with Crippen LogP contribution < -0.4 is 0 Å². The maximum absolute atomic E-state index is 12.8. The van der Waals surface area contributed by atoms with Gasteiger partial charge in [-0.05, 0) is 70.6 Å². The second-order valence-electron chi connectivity index (χ2n) is 22.7. The highest BCUT2D eigenvalue weighted by molar-refractivity contribution is 5.71. The summed E-state index contributed by atoms with van der Waals surface area (Å²) >= 11 is 0. The second kappa shape index (κ2) is 64.2. The van der Waals surface area contributed by atoms with Gasteiger partial charge in [0.05, 0.1) is 0 Å². The zero-order valence-corrected chi connectivity index (χ0v) is 50.6. The van der Waals surface area contributed by atoms with Crippen LogP contribution in [0.15, 0.2) is 36.5 Å². The first-order valence-electron chi connectivity index (χ1n) is 33.5. The van der Waals surface area contributed by atoms with Gasteiger partial charge in [-0.25, -0.2) is 0 Å². The van der Waals surface area contributed by atoms with Crippen molar-refractivity contribution in [1.29, 1.82) is 0 Å². The van der Waals surface area contributed by atoms with Crippen molar-refractivity contribution >= 4 is 17.9 Å². The van der Waals surface area contributed by atoms with Gasteiger partial charge in [0, 0.05) is 19.3 Å². The zero-order valence-electron chi connectivity index (χ0n) is 50.6. The molecule has 1 atom stereocenters. The fourth-order valence-electron chi connectivity index (χ4n) is 10.1. The van der Waals surface area contributed by atoms with Crippen molar-refractivity contribution in [2.24, 2.45) is 0 Å². The fourth-order valence-corrected chi connectivity index (χ4v) is 10.1. The van der Waals surface area contributed by atoms with Crippen molar-refractivity contribution in [3.63, 3.8) is 0 Å². The van der Waals surface area contributed by atoms with Crippen molar-refractivity contribution in [2.45, 2.75) is 374 Å². The van der Waals surface area contributed by atoms with Crippen molar-refractivity contribution in [1.82, 2.24) is 0 Å². The van der Waals surface area contributed by atoms with Crippen molar-refractivity contribution in [3.8, 4) is 0 Å². The van der Waals surface area contributed by atoms with Gasteiger partial charge in [-0.1, -0.05) is 314 Å². The Labute approximate surface area is 467 Å². The van der Waals surface area contributed by atoms with Gasteiger partial charge >= 0.3 is 17.9 Å². The van der Waals surface area contributed by atoms with Crippen molar-refractivity contribution < 1.29 is 28.6 Å². The van der Waals surface area contributed by atoms with Crippen LogP contribution in [0.5, 0.6) is 0 Å². The summed E-state index contributed by atoms with van der Waals surface area (Å²) in [7, 11) is 0. The molecule has 0 radical (unpaired) electrons. The highest BCUT2D eigenvalue weighted by Crippen LogP contribution is 2.18. The number of ether oxygens (including phenoxy) is 3. The van der Waals surface area contributed by atoms with Gasteiger partial charge in [-0.2, -0.15) is 0 Å². The Morgan fingerprint density at radius 1 is 0.267 bits per heavy atom. The van der Waals surface area contributed by atoms with Crippen LogP contribution in [0.4, 0.5) is 0 Å². The number of carbonyl (C=O) groups is 3. The molecule has 0 aromatic rings. The molecule has 0 rings (SSSR count). The molecule has 0 aliphatic carbocycles. The Morgan fingerprint density at radius 3 is 0.827 bits per heavy atom. The highest BCUT2D eigenvalue weighted by atomic mass is 16.6. The Morgan fingerprint density at radius 2 is 0.507 bits per heavy atom. The number of carbonyl (C=O) groups excluding carboxylic acids is 3. The monoisotopic (exact) mass is 1050 g/mol. The topological polar surface area (TPSA) is 78.9 Å².